The second-order valence-corrected chi connectivity index (χ2v) is 5.85. The summed E-state index contributed by atoms with van der Waals surface area (Å²) in [5.41, 5.74) is 0. The molecule has 1 aliphatic rings. The molecule has 4 heteroatoms. The van der Waals surface area contributed by atoms with Gasteiger partial charge in [0.1, 0.15) is 16.8 Å². The third kappa shape index (κ3) is 3.14. The van der Waals surface area contributed by atoms with E-state index in [1.165, 1.54) is 32.1 Å². The first-order valence-electron chi connectivity index (χ1n) is 6.85. The van der Waals surface area contributed by atoms with E-state index in [9.17, 15) is 0 Å². The molecule has 0 bridgehead atoms. The number of rotatable bonds is 3. The lowest BCUT2D eigenvalue weighted by molar-refractivity contribution is 0.425. The first kappa shape index (κ1) is 13.6. The molecule has 0 unspecified atom stereocenters. The fraction of sp³-hybridized carbons (Fsp3) is 0.714. The number of hydrogen-bond donors (Lipinski definition) is 0. The second-order valence-electron chi connectivity index (χ2n) is 5.46. The number of hydrogen-bond acceptors (Lipinski definition) is 3. The minimum Gasteiger partial charge on any atom is -0.357 e. The zero-order chi connectivity index (χ0) is 13.1. The van der Waals surface area contributed by atoms with Gasteiger partial charge in [0.05, 0.1) is 0 Å². The summed E-state index contributed by atoms with van der Waals surface area (Å²) >= 11 is 6.10. The van der Waals surface area contributed by atoms with Gasteiger partial charge in [-0.3, -0.25) is 0 Å². The lowest BCUT2D eigenvalue weighted by Crippen LogP contribution is -2.34. The van der Waals surface area contributed by atoms with E-state index >= 15 is 0 Å². The van der Waals surface area contributed by atoms with E-state index in [0.717, 1.165) is 11.6 Å². The second kappa shape index (κ2) is 5.87. The topological polar surface area (TPSA) is 29.0 Å². The third-order valence-corrected chi connectivity index (χ3v) is 3.89. The van der Waals surface area contributed by atoms with Gasteiger partial charge in [0.25, 0.3) is 0 Å². The van der Waals surface area contributed by atoms with E-state index in [0.29, 0.717) is 17.1 Å². The maximum atomic E-state index is 6.10. The minimum absolute atomic E-state index is 0.308. The molecule has 0 amide bonds. The molecule has 1 fully saturated rings. The molecule has 0 radical (unpaired) electrons. The number of nitrogens with zero attached hydrogens (tertiary/aromatic N) is 3. The van der Waals surface area contributed by atoms with Gasteiger partial charge in [0.15, 0.2) is 0 Å². The molecule has 1 aromatic rings. The van der Waals surface area contributed by atoms with Crippen LogP contribution < -0.4 is 4.90 Å². The average Bonchev–Trinajstić information content (AvgIpc) is 2.38. The van der Waals surface area contributed by atoms with Crippen LogP contribution in [0.3, 0.4) is 0 Å². The highest BCUT2D eigenvalue weighted by molar-refractivity contribution is 6.29. The summed E-state index contributed by atoms with van der Waals surface area (Å²) in [5.74, 6) is 2.10. The summed E-state index contributed by atoms with van der Waals surface area (Å²) < 4.78 is 0. The standard InChI is InChI=1S/C14H22ClN3/c1-10(2)14-16-12(15)9-13(17-14)18(3)11-7-5-4-6-8-11/h9-11H,4-8H2,1-3H3. The number of anilines is 1. The summed E-state index contributed by atoms with van der Waals surface area (Å²) in [6.07, 6.45) is 6.53. The third-order valence-electron chi connectivity index (χ3n) is 3.70. The van der Waals surface area contributed by atoms with Crippen molar-refractivity contribution in [3.05, 3.63) is 17.0 Å². The molecule has 0 atom stereocenters. The Morgan fingerprint density at radius 3 is 2.50 bits per heavy atom. The molecule has 18 heavy (non-hydrogen) atoms. The Morgan fingerprint density at radius 1 is 1.22 bits per heavy atom. The van der Waals surface area contributed by atoms with Crippen LogP contribution in [0.15, 0.2) is 6.07 Å². The van der Waals surface area contributed by atoms with Crippen molar-refractivity contribution in [3.8, 4) is 0 Å². The van der Waals surface area contributed by atoms with Crippen LogP contribution in [0, 0.1) is 0 Å². The molecular weight excluding hydrogens is 246 g/mol. The molecule has 0 aliphatic heterocycles. The molecule has 3 nitrogen and oxygen atoms in total. The Balaban J connectivity index is 2.20. The predicted molar refractivity (Wildman–Crippen MR) is 76.4 cm³/mol. The molecule has 0 N–H and O–H groups in total. The Hall–Kier alpha value is -0.830. The maximum absolute atomic E-state index is 6.10. The maximum Gasteiger partial charge on any atom is 0.135 e. The van der Waals surface area contributed by atoms with Gasteiger partial charge in [-0.25, -0.2) is 9.97 Å². The van der Waals surface area contributed by atoms with Crippen molar-refractivity contribution in [2.75, 3.05) is 11.9 Å². The fourth-order valence-electron chi connectivity index (χ4n) is 2.52. The summed E-state index contributed by atoms with van der Waals surface area (Å²) in [5, 5.41) is 0.548. The molecule has 2 rings (SSSR count). The highest BCUT2D eigenvalue weighted by Crippen LogP contribution is 2.27. The van der Waals surface area contributed by atoms with Gasteiger partial charge in [-0.2, -0.15) is 0 Å². The summed E-state index contributed by atoms with van der Waals surface area (Å²) in [6, 6.07) is 2.48. The van der Waals surface area contributed by atoms with Crippen molar-refractivity contribution >= 4 is 17.4 Å². The molecule has 1 saturated carbocycles. The highest BCUT2D eigenvalue weighted by Gasteiger charge is 2.20. The van der Waals surface area contributed by atoms with Crippen LogP contribution in [0.4, 0.5) is 5.82 Å². The first-order valence-corrected chi connectivity index (χ1v) is 7.23. The number of aromatic nitrogens is 2. The van der Waals surface area contributed by atoms with E-state index in [1.807, 2.05) is 6.07 Å². The van der Waals surface area contributed by atoms with Crippen molar-refractivity contribution in [2.24, 2.45) is 0 Å². The number of halogens is 1. The largest absolute Gasteiger partial charge is 0.357 e. The van der Waals surface area contributed by atoms with E-state index in [1.54, 1.807) is 0 Å². The van der Waals surface area contributed by atoms with Gasteiger partial charge in [-0.05, 0) is 12.8 Å². The van der Waals surface area contributed by atoms with Crippen molar-refractivity contribution in [3.63, 3.8) is 0 Å². The quantitative estimate of drug-likeness (QED) is 0.775. The Kier molecular flexibility index (Phi) is 4.44. The molecule has 1 aliphatic carbocycles. The van der Waals surface area contributed by atoms with E-state index < -0.39 is 0 Å². The van der Waals surface area contributed by atoms with Crippen molar-refractivity contribution in [1.82, 2.24) is 9.97 Å². The molecule has 0 aromatic carbocycles. The van der Waals surface area contributed by atoms with Crippen molar-refractivity contribution < 1.29 is 0 Å². The van der Waals surface area contributed by atoms with Crippen LogP contribution >= 0.6 is 11.6 Å². The minimum atomic E-state index is 0.308. The summed E-state index contributed by atoms with van der Waals surface area (Å²) in [7, 11) is 2.12. The van der Waals surface area contributed by atoms with E-state index in [4.69, 9.17) is 11.6 Å². The summed E-state index contributed by atoms with van der Waals surface area (Å²) in [4.78, 5) is 11.2. The van der Waals surface area contributed by atoms with Gasteiger partial charge < -0.3 is 4.90 Å². The zero-order valence-electron chi connectivity index (χ0n) is 11.5. The van der Waals surface area contributed by atoms with Gasteiger partial charge in [0.2, 0.25) is 0 Å². The van der Waals surface area contributed by atoms with Gasteiger partial charge in [0, 0.05) is 25.1 Å². The summed E-state index contributed by atoms with van der Waals surface area (Å²) in [6.45, 7) is 4.19. The molecule has 0 saturated heterocycles. The van der Waals surface area contributed by atoms with Crippen LogP contribution in [0.25, 0.3) is 0 Å². The highest BCUT2D eigenvalue weighted by atomic mass is 35.5. The van der Waals surface area contributed by atoms with E-state index in [2.05, 4.69) is 35.8 Å². The molecular formula is C14H22ClN3. The molecule has 1 aromatic heterocycles. The molecule has 0 spiro atoms. The van der Waals surface area contributed by atoms with Crippen LogP contribution in [0.2, 0.25) is 5.15 Å². The predicted octanol–water partition coefficient (Wildman–Crippen LogP) is 4.02. The van der Waals surface area contributed by atoms with Gasteiger partial charge >= 0.3 is 0 Å². The van der Waals surface area contributed by atoms with E-state index in [-0.39, 0.29) is 0 Å². The van der Waals surface area contributed by atoms with Crippen LogP contribution in [-0.4, -0.2) is 23.1 Å². The zero-order valence-corrected chi connectivity index (χ0v) is 12.2. The SMILES string of the molecule is CC(C)c1nc(Cl)cc(N(C)C2CCCCC2)n1. The smallest absolute Gasteiger partial charge is 0.135 e. The molecule has 100 valence electrons. The van der Waals surface area contributed by atoms with Gasteiger partial charge in [-0.15, -0.1) is 0 Å². The average molecular weight is 268 g/mol. The lowest BCUT2D eigenvalue weighted by Gasteiger charge is -2.32. The first-order chi connectivity index (χ1) is 8.58. The van der Waals surface area contributed by atoms with Crippen LogP contribution in [0.5, 0.6) is 0 Å². The van der Waals surface area contributed by atoms with Crippen molar-refractivity contribution in [1.29, 1.82) is 0 Å². The lowest BCUT2D eigenvalue weighted by atomic mass is 9.94. The van der Waals surface area contributed by atoms with Gasteiger partial charge in [-0.1, -0.05) is 44.7 Å². The molecule has 1 heterocycles. The fourth-order valence-corrected chi connectivity index (χ4v) is 2.70. The normalized spacial score (nSPS) is 17.2. The van der Waals surface area contributed by atoms with Crippen molar-refractivity contribution in [2.45, 2.75) is 57.9 Å². The van der Waals surface area contributed by atoms with Crippen LogP contribution in [-0.2, 0) is 0 Å². The van der Waals surface area contributed by atoms with Crippen LogP contribution in [0.1, 0.15) is 57.7 Å². The monoisotopic (exact) mass is 267 g/mol. The Morgan fingerprint density at radius 2 is 1.89 bits per heavy atom. The Bertz CT molecular complexity index is 400. The Labute approximate surface area is 115 Å².